The van der Waals surface area contributed by atoms with E-state index in [0.29, 0.717) is 6.61 Å². The van der Waals surface area contributed by atoms with Gasteiger partial charge in [0.2, 0.25) is 0 Å². The van der Waals surface area contributed by atoms with E-state index in [1.807, 2.05) is 61.5 Å². The quantitative estimate of drug-likeness (QED) is 0.869. The van der Waals surface area contributed by atoms with Crippen LogP contribution in [0.1, 0.15) is 18.1 Å². The Hall–Kier alpha value is -1.80. The van der Waals surface area contributed by atoms with Gasteiger partial charge < -0.3 is 10.5 Å². The zero-order chi connectivity index (χ0) is 12.1. The molecule has 2 aromatic rings. The first-order valence-electron chi connectivity index (χ1n) is 5.62. The van der Waals surface area contributed by atoms with Gasteiger partial charge >= 0.3 is 0 Å². The summed E-state index contributed by atoms with van der Waals surface area (Å²) >= 11 is 0. The van der Waals surface area contributed by atoms with Crippen molar-refractivity contribution in [1.82, 2.24) is 0 Å². The number of hydrogen-bond donors (Lipinski definition) is 1. The number of benzene rings is 2. The summed E-state index contributed by atoms with van der Waals surface area (Å²) in [7, 11) is 0. The molecule has 17 heavy (non-hydrogen) atoms. The number of rotatable bonds is 4. The molecule has 2 rings (SSSR count). The molecule has 0 saturated carbocycles. The van der Waals surface area contributed by atoms with Crippen molar-refractivity contribution in [3.05, 3.63) is 71.8 Å². The minimum absolute atomic E-state index is 0.589. The molecular formula is C15H16NO. The highest BCUT2D eigenvalue weighted by molar-refractivity contribution is 5.34. The third-order valence-electron chi connectivity index (χ3n) is 2.56. The summed E-state index contributed by atoms with van der Waals surface area (Å²) in [5, 5.41) is 0. The summed E-state index contributed by atoms with van der Waals surface area (Å²) in [4.78, 5) is 0. The van der Waals surface area contributed by atoms with E-state index in [1.54, 1.807) is 0 Å². The third kappa shape index (κ3) is 3.33. The number of nitrogens with two attached hydrogens (primary N) is 1. The van der Waals surface area contributed by atoms with Crippen molar-refractivity contribution in [1.29, 1.82) is 0 Å². The third-order valence-corrected chi connectivity index (χ3v) is 2.56. The Bertz CT molecular complexity index is 448. The zero-order valence-electron chi connectivity index (χ0n) is 9.89. The Morgan fingerprint density at radius 1 is 1.00 bits per heavy atom. The predicted octanol–water partition coefficient (Wildman–Crippen LogP) is 3.12. The van der Waals surface area contributed by atoms with Gasteiger partial charge in [-0.3, -0.25) is 0 Å². The lowest BCUT2D eigenvalue weighted by Gasteiger charge is -2.08. The van der Waals surface area contributed by atoms with Crippen LogP contribution in [0.15, 0.2) is 54.6 Å². The van der Waals surface area contributed by atoms with Crippen molar-refractivity contribution in [2.24, 2.45) is 5.73 Å². The van der Waals surface area contributed by atoms with E-state index in [1.165, 1.54) is 0 Å². The molecule has 0 aliphatic carbocycles. The minimum atomic E-state index is 0.589. The monoisotopic (exact) mass is 226 g/mol. The molecule has 2 nitrogen and oxygen atoms in total. The molecule has 2 heteroatoms. The molecule has 0 bridgehead atoms. The molecule has 0 unspecified atom stereocenters. The van der Waals surface area contributed by atoms with Crippen molar-refractivity contribution in [3.63, 3.8) is 0 Å². The van der Waals surface area contributed by atoms with Crippen molar-refractivity contribution < 1.29 is 4.74 Å². The molecule has 2 aromatic carbocycles. The second-order valence-electron chi connectivity index (χ2n) is 3.98. The molecule has 0 fully saturated rings. The molecule has 0 heterocycles. The molecule has 0 aliphatic rings. The zero-order valence-corrected chi connectivity index (χ0v) is 9.89. The van der Waals surface area contributed by atoms with Gasteiger partial charge in [-0.05, 0) is 30.2 Å². The van der Waals surface area contributed by atoms with Gasteiger partial charge in [0.1, 0.15) is 12.4 Å². The van der Waals surface area contributed by atoms with Gasteiger partial charge in [-0.25, -0.2) is 0 Å². The molecular weight excluding hydrogens is 210 g/mol. The average Bonchev–Trinajstić information content (AvgIpc) is 2.38. The SMILES string of the molecule is C[C](N)c1ccc(OCc2ccccc2)cc1. The average molecular weight is 226 g/mol. The summed E-state index contributed by atoms with van der Waals surface area (Å²) in [6.45, 7) is 2.48. The van der Waals surface area contributed by atoms with E-state index in [0.717, 1.165) is 22.9 Å². The fraction of sp³-hybridized carbons (Fsp3) is 0.133. The molecule has 0 amide bonds. The lowest BCUT2D eigenvalue weighted by molar-refractivity contribution is 0.306. The lowest BCUT2D eigenvalue weighted by Crippen LogP contribution is -2.05. The first kappa shape index (κ1) is 11.7. The van der Waals surface area contributed by atoms with Gasteiger partial charge in [0.25, 0.3) is 0 Å². The van der Waals surface area contributed by atoms with Crippen LogP contribution < -0.4 is 10.5 Å². The van der Waals surface area contributed by atoms with E-state index < -0.39 is 0 Å². The van der Waals surface area contributed by atoms with Gasteiger partial charge in [-0.1, -0.05) is 42.5 Å². The molecule has 0 aliphatic heterocycles. The summed E-state index contributed by atoms with van der Waals surface area (Å²) in [6, 6.07) is 18.7. The highest BCUT2D eigenvalue weighted by Gasteiger charge is 2.00. The Morgan fingerprint density at radius 2 is 1.65 bits per heavy atom. The normalized spacial score (nSPS) is 10.5. The van der Waals surface area contributed by atoms with Crippen molar-refractivity contribution in [3.8, 4) is 5.75 Å². The Balaban J connectivity index is 1.96. The molecule has 0 spiro atoms. The maximum atomic E-state index is 5.70. The summed E-state index contributed by atoms with van der Waals surface area (Å²) in [5.74, 6) is 0.860. The van der Waals surface area contributed by atoms with Gasteiger partial charge in [0.05, 0.1) is 6.04 Å². The largest absolute Gasteiger partial charge is 0.489 e. The Kier molecular flexibility index (Phi) is 3.78. The van der Waals surface area contributed by atoms with E-state index in [9.17, 15) is 0 Å². The van der Waals surface area contributed by atoms with Crippen LogP contribution >= 0.6 is 0 Å². The predicted molar refractivity (Wildman–Crippen MR) is 69.4 cm³/mol. The molecule has 0 aromatic heterocycles. The molecule has 0 saturated heterocycles. The molecule has 2 N–H and O–H groups in total. The maximum Gasteiger partial charge on any atom is 0.119 e. The van der Waals surface area contributed by atoms with E-state index >= 15 is 0 Å². The van der Waals surface area contributed by atoms with Crippen LogP contribution in [0.25, 0.3) is 0 Å². The molecule has 87 valence electrons. The maximum absolute atomic E-state index is 5.70. The second kappa shape index (κ2) is 5.51. The fourth-order valence-electron chi connectivity index (χ4n) is 1.55. The number of ether oxygens (including phenoxy) is 1. The van der Waals surface area contributed by atoms with Gasteiger partial charge in [-0.2, -0.15) is 0 Å². The van der Waals surface area contributed by atoms with E-state index in [2.05, 4.69) is 0 Å². The fourth-order valence-corrected chi connectivity index (χ4v) is 1.55. The summed E-state index contributed by atoms with van der Waals surface area (Å²) in [5.41, 5.74) is 7.91. The number of hydrogen-bond acceptors (Lipinski definition) is 2. The van der Waals surface area contributed by atoms with Crippen molar-refractivity contribution in [2.45, 2.75) is 13.5 Å². The Morgan fingerprint density at radius 3 is 2.24 bits per heavy atom. The van der Waals surface area contributed by atoms with Crippen LogP contribution in [0.3, 0.4) is 0 Å². The van der Waals surface area contributed by atoms with Gasteiger partial charge in [0.15, 0.2) is 0 Å². The van der Waals surface area contributed by atoms with E-state index in [4.69, 9.17) is 10.5 Å². The van der Waals surface area contributed by atoms with E-state index in [-0.39, 0.29) is 0 Å². The Labute approximate surface area is 102 Å². The smallest absolute Gasteiger partial charge is 0.119 e. The minimum Gasteiger partial charge on any atom is -0.489 e. The summed E-state index contributed by atoms with van der Waals surface area (Å²) < 4.78 is 5.68. The van der Waals surface area contributed by atoms with Gasteiger partial charge in [-0.15, -0.1) is 0 Å². The van der Waals surface area contributed by atoms with Crippen molar-refractivity contribution >= 4 is 0 Å². The molecule has 0 atom stereocenters. The van der Waals surface area contributed by atoms with Crippen molar-refractivity contribution in [2.75, 3.05) is 0 Å². The van der Waals surface area contributed by atoms with Crippen LogP contribution in [-0.2, 0) is 6.61 Å². The van der Waals surface area contributed by atoms with Crippen LogP contribution in [0.5, 0.6) is 5.75 Å². The molecule has 1 radical (unpaired) electrons. The van der Waals surface area contributed by atoms with Crippen LogP contribution in [0.4, 0.5) is 0 Å². The second-order valence-corrected chi connectivity index (χ2v) is 3.98. The highest BCUT2D eigenvalue weighted by Crippen LogP contribution is 2.16. The van der Waals surface area contributed by atoms with Crippen LogP contribution in [0.2, 0.25) is 0 Å². The first-order valence-corrected chi connectivity index (χ1v) is 5.62. The summed E-state index contributed by atoms with van der Waals surface area (Å²) in [6.07, 6.45) is 0. The van der Waals surface area contributed by atoms with Crippen LogP contribution in [-0.4, -0.2) is 0 Å². The van der Waals surface area contributed by atoms with Crippen LogP contribution in [0, 0.1) is 6.04 Å². The highest BCUT2D eigenvalue weighted by atomic mass is 16.5. The topological polar surface area (TPSA) is 35.2 Å². The first-order chi connectivity index (χ1) is 8.25. The standard InChI is InChI=1S/C15H16NO/c1-12(16)14-7-9-15(10-8-14)17-11-13-5-3-2-4-6-13/h2-10H,11,16H2,1H3. The van der Waals surface area contributed by atoms with Gasteiger partial charge in [0, 0.05) is 0 Å². The lowest BCUT2D eigenvalue weighted by atomic mass is 10.1.